The standard InChI is InChI=1S/C11H18ClNO/c1-5-6-9(2)7-11(3,4)13-10(14)8-12/h5-6H,1,7-8H2,2-4H3,(H,13,14)/b9-6+. The smallest absolute Gasteiger partial charge is 0.235 e. The molecule has 0 spiro atoms. The average molecular weight is 216 g/mol. The molecule has 80 valence electrons. The molecule has 0 aromatic heterocycles. The second kappa shape index (κ2) is 5.86. The summed E-state index contributed by atoms with van der Waals surface area (Å²) in [4.78, 5) is 11.1. The van der Waals surface area contributed by atoms with E-state index in [0.29, 0.717) is 0 Å². The fourth-order valence-electron chi connectivity index (χ4n) is 1.41. The van der Waals surface area contributed by atoms with E-state index in [-0.39, 0.29) is 17.3 Å². The van der Waals surface area contributed by atoms with Crippen LogP contribution in [0.2, 0.25) is 0 Å². The van der Waals surface area contributed by atoms with E-state index in [9.17, 15) is 4.79 Å². The van der Waals surface area contributed by atoms with E-state index >= 15 is 0 Å². The zero-order valence-corrected chi connectivity index (χ0v) is 9.82. The van der Waals surface area contributed by atoms with Crippen LogP contribution in [0.15, 0.2) is 24.3 Å². The number of alkyl halides is 1. The molecule has 1 amide bonds. The fourth-order valence-corrected chi connectivity index (χ4v) is 1.48. The van der Waals surface area contributed by atoms with Crippen LogP contribution in [0.1, 0.15) is 27.2 Å². The summed E-state index contributed by atoms with van der Waals surface area (Å²) in [5, 5.41) is 2.85. The molecule has 0 aromatic carbocycles. The third-order valence-corrected chi connectivity index (χ3v) is 1.97. The lowest BCUT2D eigenvalue weighted by Crippen LogP contribution is -2.44. The predicted octanol–water partition coefficient (Wildman–Crippen LogP) is 2.64. The number of rotatable bonds is 5. The van der Waals surface area contributed by atoms with Gasteiger partial charge in [-0.2, -0.15) is 0 Å². The minimum atomic E-state index is -0.254. The van der Waals surface area contributed by atoms with Gasteiger partial charge in [-0.05, 0) is 27.2 Å². The van der Waals surface area contributed by atoms with Gasteiger partial charge in [-0.3, -0.25) is 4.79 Å². The summed E-state index contributed by atoms with van der Waals surface area (Å²) in [5.74, 6) is -0.128. The zero-order valence-electron chi connectivity index (χ0n) is 9.06. The van der Waals surface area contributed by atoms with Gasteiger partial charge in [-0.25, -0.2) is 0 Å². The molecule has 0 radical (unpaired) electrons. The van der Waals surface area contributed by atoms with Gasteiger partial charge < -0.3 is 5.32 Å². The van der Waals surface area contributed by atoms with Crippen LogP contribution in [0.4, 0.5) is 0 Å². The Kier molecular flexibility index (Phi) is 5.55. The van der Waals surface area contributed by atoms with Crippen LogP contribution >= 0.6 is 11.6 Å². The van der Waals surface area contributed by atoms with Gasteiger partial charge >= 0.3 is 0 Å². The molecule has 14 heavy (non-hydrogen) atoms. The van der Waals surface area contributed by atoms with Gasteiger partial charge in [0.25, 0.3) is 0 Å². The maximum atomic E-state index is 11.1. The van der Waals surface area contributed by atoms with Crippen molar-refractivity contribution in [1.82, 2.24) is 5.32 Å². The van der Waals surface area contributed by atoms with Gasteiger partial charge in [0, 0.05) is 5.54 Å². The number of amides is 1. The number of nitrogens with one attached hydrogen (secondary N) is 1. The third kappa shape index (κ3) is 5.81. The Balaban J connectivity index is 4.26. The summed E-state index contributed by atoms with van der Waals surface area (Å²) in [6.07, 6.45) is 4.48. The number of allylic oxidation sites excluding steroid dienone is 2. The van der Waals surface area contributed by atoms with E-state index < -0.39 is 0 Å². The third-order valence-electron chi connectivity index (χ3n) is 1.72. The van der Waals surface area contributed by atoms with Crippen molar-refractivity contribution in [3.8, 4) is 0 Å². The summed E-state index contributed by atoms with van der Waals surface area (Å²) < 4.78 is 0. The first-order valence-corrected chi connectivity index (χ1v) is 5.10. The topological polar surface area (TPSA) is 29.1 Å². The van der Waals surface area contributed by atoms with Gasteiger partial charge in [0.05, 0.1) is 0 Å². The molecule has 0 unspecified atom stereocenters. The lowest BCUT2D eigenvalue weighted by Gasteiger charge is -2.26. The molecule has 1 N–H and O–H groups in total. The normalized spacial score (nSPS) is 12.4. The molecule has 0 rings (SSSR count). The van der Waals surface area contributed by atoms with Crippen molar-refractivity contribution in [2.24, 2.45) is 0 Å². The largest absolute Gasteiger partial charge is 0.350 e. The van der Waals surface area contributed by atoms with Crippen LogP contribution in [0.25, 0.3) is 0 Å². The molecular weight excluding hydrogens is 198 g/mol. The van der Waals surface area contributed by atoms with Crippen molar-refractivity contribution < 1.29 is 4.79 Å². The average Bonchev–Trinajstić information content (AvgIpc) is 2.02. The molecule has 0 saturated carbocycles. The highest BCUT2D eigenvalue weighted by Gasteiger charge is 2.19. The van der Waals surface area contributed by atoms with Crippen LogP contribution in [0.5, 0.6) is 0 Å². The van der Waals surface area contributed by atoms with Crippen molar-refractivity contribution in [3.63, 3.8) is 0 Å². The predicted molar refractivity (Wildman–Crippen MR) is 61.5 cm³/mol. The number of hydrogen-bond donors (Lipinski definition) is 1. The quantitative estimate of drug-likeness (QED) is 0.555. The zero-order chi connectivity index (χ0) is 11.2. The molecule has 0 bridgehead atoms. The van der Waals surface area contributed by atoms with Crippen LogP contribution in [-0.4, -0.2) is 17.3 Å². The van der Waals surface area contributed by atoms with E-state index in [4.69, 9.17) is 11.6 Å². The molecule has 0 aromatic rings. The molecule has 0 atom stereocenters. The summed E-state index contributed by atoms with van der Waals surface area (Å²) in [7, 11) is 0. The highest BCUT2D eigenvalue weighted by molar-refractivity contribution is 6.27. The summed E-state index contributed by atoms with van der Waals surface area (Å²) in [6.45, 7) is 9.57. The van der Waals surface area contributed by atoms with Gasteiger partial charge in [-0.1, -0.05) is 24.3 Å². The minimum Gasteiger partial charge on any atom is -0.350 e. The molecule has 0 fully saturated rings. The van der Waals surface area contributed by atoms with Crippen molar-refractivity contribution >= 4 is 17.5 Å². The highest BCUT2D eigenvalue weighted by atomic mass is 35.5. The van der Waals surface area contributed by atoms with Crippen molar-refractivity contribution in [2.75, 3.05) is 5.88 Å². The molecule has 2 nitrogen and oxygen atoms in total. The van der Waals surface area contributed by atoms with E-state index in [0.717, 1.165) is 6.42 Å². The molecule has 0 heterocycles. The van der Waals surface area contributed by atoms with Gasteiger partial charge in [0.2, 0.25) is 5.91 Å². The molecule has 0 aliphatic heterocycles. The second-order valence-corrected chi connectivity index (χ2v) is 4.26. The minimum absolute atomic E-state index is 0.00759. The Hall–Kier alpha value is -0.760. The van der Waals surface area contributed by atoms with Crippen molar-refractivity contribution in [2.45, 2.75) is 32.7 Å². The first kappa shape index (κ1) is 13.2. The SMILES string of the molecule is C=C/C=C(\C)CC(C)(C)NC(=O)CCl. The second-order valence-electron chi connectivity index (χ2n) is 3.99. The van der Waals surface area contributed by atoms with E-state index in [1.165, 1.54) is 5.57 Å². The van der Waals surface area contributed by atoms with Crippen LogP contribution < -0.4 is 5.32 Å². The fraction of sp³-hybridized carbons (Fsp3) is 0.545. The molecule has 0 saturated heterocycles. The molecule has 3 heteroatoms. The monoisotopic (exact) mass is 215 g/mol. The van der Waals surface area contributed by atoms with Gasteiger partial charge in [-0.15, -0.1) is 11.6 Å². The Morgan fingerprint density at radius 1 is 1.57 bits per heavy atom. The molecule has 0 aliphatic rings. The maximum absolute atomic E-state index is 11.1. The van der Waals surface area contributed by atoms with E-state index in [2.05, 4.69) is 11.9 Å². The number of carbonyl (C=O) groups is 1. The number of carbonyl (C=O) groups excluding carboxylic acids is 1. The van der Waals surface area contributed by atoms with Crippen LogP contribution in [0, 0.1) is 0 Å². The lowest BCUT2D eigenvalue weighted by molar-refractivity contribution is -0.120. The first-order valence-electron chi connectivity index (χ1n) is 4.56. The highest BCUT2D eigenvalue weighted by Crippen LogP contribution is 2.15. The Bertz CT molecular complexity index is 244. The molecular formula is C11H18ClNO. The Morgan fingerprint density at radius 2 is 2.14 bits per heavy atom. The Morgan fingerprint density at radius 3 is 2.57 bits per heavy atom. The maximum Gasteiger partial charge on any atom is 0.235 e. The summed E-state index contributed by atoms with van der Waals surface area (Å²) >= 11 is 5.41. The molecule has 0 aliphatic carbocycles. The first-order chi connectivity index (χ1) is 6.41. The van der Waals surface area contributed by atoms with E-state index in [1.807, 2.05) is 26.8 Å². The van der Waals surface area contributed by atoms with Gasteiger partial charge in [0.15, 0.2) is 0 Å². The summed E-state index contributed by atoms with van der Waals surface area (Å²) in [5.41, 5.74) is 0.926. The van der Waals surface area contributed by atoms with Crippen molar-refractivity contribution in [1.29, 1.82) is 0 Å². The van der Waals surface area contributed by atoms with E-state index in [1.54, 1.807) is 6.08 Å². The number of halogens is 1. The van der Waals surface area contributed by atoms with Crippen LogP contribution in [0.3, 0.4) is 0 Å². The Labute approximate surface area is 91.0 Å². The number of hydrogen-bond acceptors (Lipinski definition) is 1. The van der Waals surface area contributed by atoms with Gasteiger partial charge in [0.1, 0.15) is 5.88 Å². The summed E-state index contributed by atoms with van der Waals surface area (Å²) in [6, 6.07) is 0. The van der Waals surface area contributed by atoms with Crippen LogP contribution in [-0.2, 0) is 4.79 Å². The lowest BCUT2D eigenvalue weighted by atomic mass is 9.95. The van der Waals surface area contributed by atoms with Crippen molar-refractivity contribution in [3.05, 3.63) is 24.3 Å².